The molecule has 4 rings (SSSR count). The van der Waals surface area contributed by atoms with Gasteiger partial charge in [-0.25, -0.2) is 4.98 Å². The third kappa shape index (κ3) is 4.54. The SMILES string of the molecule is Cc1ccc(N2CCC(C(=O)N3CCC(Cc4ccccc4)CC3)CC2)nc1. The Hall–Kier alpha value is -2.36. The molecule has 2 fully saturated rings. The van der Waals surface area contributed by atoms with E-state index in [1.165, 1.54) is 11.1 Å². The van der Waals surface area contributed by atoms with Crippen LogP contribution < -0.4 is 4.90 Å². The molecule has 0 aliphatic carbocycles. The Morgan fingerprint density at radius 1 is 0.964 bits per heavy atom. The van der Waals surface area contributed by atoms with Gasteiger partial charge in [-0.05, 0) is 62.1 Å². The number of carbonyl (C=O) groups excluding carboxylic acids is 1. The third-order valence-electron chi connectivity index (χ3n) is 6.36. The molecule has 0 atom stereocenters. The Balaban J connectivity index is 1.24. The van der Waals surface area contributed by atoms with Crippen LogP contribution in [0.2, 0.25) is 0 Å². The highest BCUT2D eigenvalue weighted by Gasteiger charge is 2.31. The monoisotopic (exact) mass is 377 g/mol. The predicted octanol–water partition coefficient (Wildman–Crippen LogP) is 4.09. The zero-order valence-corrected chi connectivity index (χ0v) is 16.9. The molecule has 1 aromatic heterocycles. The van der Waals surface area contributed by atoms with Gasteiger partial charge in [0.25, 0.3) is 0 Å². The van der Waals surface area contributed by atoms with Crippen LogP contribution >= 0.6 is 0 Å². The van der Waals surface area contributed by atoms with Crippen molar-refractivity contribution in [3.63, 3.8) is 0 Å². The third-order valence-corrected chi connectivity index (χ3v) is 6.36. The number of likely N-dealkylation sites (tertiary alicyclic amines) is 1. The van der Waals surface area contributed by atoms with Gasteiger partial charge in [0.1, 0.15) is 5.82 Å². The molecule has 2 aromatic rings. The van der Waals surface area contributed by atoms with Gasteiger partial charge in [0.05, 0.1) is 0 Å². The molecular weight excluding hydrogens is 346 g/mol. The number of benzene rings is 1. The Morgan fingerprint density at radius 3 is 2.32 bits per heavy atom. The lowest BCUT2D eigenvalue weighted by Crippen LogP contribution is -2.45. The number of pyridine rings is 1. The number of piperidine rings is 2. The maximum absolute atomic E-state index is 13.0. The van der Waals surface area contributed by atoms with Gasteiger partial charge in [-0.3, -0.25) is 4.79 Å². The molecule has 1 aromatic carbocycles. The number of hydrogen-bond acceptors (Lipinski definition) is 3. The van der Waals surface area contributed by atoms with E-state index in [9.17, 15) is 4.79 Å². The molecule has 2 saturated heterocycles. The van der Waals surface area contributed by atoms with E-state index in [0.717, 1.165) is 64.1 Å². The zero-order valence-electron chi connectivity index (χ0n) is 16.9. The molecule has 28 heavy (non-hydrogen) atoms. The summed E-state index contributed by atoms with van der Waals surface area (Å²) >= 11 is 0. The number of anilines is 1. The molecule has 1 amide bonds. The van der Waals surface area contributed by atoms with Crippen LogP contribution in [0, 0.1) is 18.8 Å². The van der Waals surface area contributed by atoms with Crippen LogP contribution in [0.3, 0.4) is 0 Å². The molecule has 0 spiro atoms. The van der Waals surface area contributed by atoms with Gasteiger partial charge in [-0.1, -0.05) is 36.4 Å². The largest absolute Gasteiger partial charge is 0.357 e. The van der Waals surface area contributed by atoms with Crippen molar-refractivity contribution in [2.45, 2.75) is 39.0 Å². The maximum Gasteiger partial charge on any atom is 0.225 e. The second kappa shape index (κ2) is 8.76. The summed E-state index contributed by atoms with van der Waals surface area (Å²) in [4.78, 5) is 22.0. The standard InChI is InChI=1S/C24H31N3O/c1-19-7-8-23(25-18-19)26-15-11-22(12-16-26)24(28)27-13-9-21(10-14-27)17-20-5-3-2-4-6-20/h2-8,18,21-22H,9-17H2,1H3. The minimum absolute atomic E-state index is 0.187. The fourth-order valence-electron chi connectivity index (χ4n) is 4.57. The van der Waals surface area contributed by atoms with Crippen LogP contribution in [0.15, 0.2) is 48.7 Å². The van der Waals surface area contributed by atoms with Crippen LogP contribution in [0.1, 0.15) is 36.8 Å². The van der Waals surface area contributed by atoms with Gasteiger partial charge in [-0.15, -0.1) is 0 Å². The van der Waals surface area contributed by atoms with Gasteiger partial charge in [-0.2, -0.15) is 0 Å². The van der Waals surface area contributed by atoms with Crippen molar-refractivity contribution in [1.29, 1.82) is 0 Å². The molecule has 0 saturated carbocycles. The van der Waals surface area contributed by atoms with Crippen molar-refractivity contribution in [3.05, 3.63) is 59.8 Å². The summed E-state index contributed by atoms with van der Waals surface area (Å²) in [7, 11) is 0. The molecule has 4 nitrogen and oxygen atoms in total. The highest BCUT2D eigenvalue weighted by Crippen LogP contribution is 2.27. The molecular formula is C24H31N3O. The quantitative estimate of drug-likeness (QED) is 0.805. The second-order valence-corrected chi connectivity index (χ2v) is 8.41. The summed E-state index contributed by atoms with van der Waals surface area (Å²) in [5.41, 5.74) is 2.61. The van der Waals surface area contributed by atoms with E-state index in [-0.39, 0.29) is 5.92 Å². The summed E-state index contributed by atoms with van der Waals surface area (Å²) in [6.45, 7) is 5.77. The van der Waals surface area contributed by atoms with Crippen molar-refractivity contribution in [2.75, 3.05) is 31.1 Å². The summed E-state index contributed by atoms with van der Waals surface area (Å²) in [6, 6.07) is 14.9. The molecule has 3 heterocycles. The Morgan fingerprint density at radius 2 is 1.68 bits per heavy atom. The van der Waals surface area contributed by atoms with E-state index < -0.39 is 0 Å². The number of aryl methyl sites for hydroxylation is 1. The summed E-state index contributed by atoms with van der Waals surface area (Å²) < 4.78 is 0. The topological polar surface area (TPSA) is 36.4 Å². The Labute approximate surface area is 168 Å². The Bertz CT molecular complexity index is 758. The number of aromatic nitrogens is 1. The molecule has 4 heteroatoms. The van der Waals surface area contributed by atoms with E-state index in [4.69, 9.17) is 0 Å². The van der Waals surface area contributed by atoms with Gasteiger partial charge in [0.15, 0.2) is 0 Å². The molecule has 0 bridgehead atoms. The van der Waals surface area contributed by atoms with E-state index in [0.29, 0.717) is 11.8 Å². The Kier molecular flexibility index (Phi) is 5.94. The number of carbonyl (C=O) groups is 1. The normalized spacial score (nSPS) is 19.0. The number of nitrogens with zero attached hydrogens (tertiary/aromatic N) is 3. The highest BCUT2D eigenvalue weighted by molar-refractivity contribution is 5.79. The molecule has 2 aliphatic rings. The molecule has 2 aliphatic heterocycles. The summed E-state index contributed by atoms with van der Waals surface area (Å²) in [5.74, 6) is 2.32. The van der Waals surface area contributed by atoms with E-state index >= 15 is 0 Å². The maximum atomic E-state index is 13.0. The minimum Gasteiger partial charge on any atom is -0.357 e. The van der Waals surface area contributed by atoms with E-state index in [1.807, 2.05) is 6.20 Å². The summed E-state index contributed by atoms with van der Waals surface area (Å²) in [5, 5.41) is 0. The number of rotatable bonds is 4. The van der Waals surface area contributed by atoms with Crippen molar-refractivity contribution in [3.8, 4) is 0 Å². The van der Waals surface area contributed by atoms with E-state index in [1.54, 1.807) is 0 Å². The zero-order chi connectivity index (χ0) is 19.3. The van der Waals surface area contributed by atoms with Crippen LogP contribution in [-0.2, 0) is 11.2 Å². The van der Waals surface area contributed by atoms with Crippen molar-refractivity contribution in [1.82, 2.24) is 9.88 Å². The van der Waals surface area contributed by atoms with Crippen molar-refractivity contribution in [2.24, 2.45) is 11.8 Å². The first-order valence-electron chi connectivity index (χ1n) is 10.7. The average Bonchev–Trinajstić information content (AvgIpc) is 2.75. The minimum atomic E-state index is 0.187. The van der Waals surface area contributed by atoms with Crippen LogP contribution in [0.5, 0.6) is 0 Å². The first-order chi connectivity index (χ1) is 13.7. The smallest absolute Gasteiger partial charge is 0.225 e. The number of hydrogen-bond donors (Lipinski definition) is 0. The van der Waals surface area contributed by atoms with Crippen LogP contribution in [0.25, 0.3) is 0 Å². The van der Waals surface area contributed by atoms with Gasteiger partial charge < -0.3 is 9.80 Å². The fourth-order valence-corrected chi connectivity index (χ4v) is 4.57. The molecule has 0 unspecified atom stereocenters. The average molecular weight is 378 g/mol. The van der Waals surface area contributed by atoms with Gasteiger partial charge >= 0.3 is 0 Å². The second-order valence-electron chi connectivity index (χ2n) is 8.41. The lowest BCUT2D eigenvalue weighted by atomic mass is 9.88. The molecule has 148 valence electrons. The van der Waals surface area contributed by atoms with Gasteiger partial charge in [0.2, 0.25) is 5.91 Å². The highest BCUT2D eigenvalue weighted by atomic mass is 16.2. The lowest BCUT2D eigenvalue weighted by Gasteiger charge is -2.37. The van der Waals surface area contributed by atoms with Crippen molar-refractivity contribution < 1.29 is 4.79 Å². The fraction of sp³-hybridized carbons (Fsp3) is 0.500. The molecule has 0 N–H and O–H groups in total. The van der Waals surface area contributed by atoms with Gasteiger partial charge in [0, 0.05) is 38.3 Å². The predicted molar refractivity (Wildman–Crippen MR) is 113 cm³/mol. The van der Waals surface area contributed by atoms with Crippen molar-refractivity contribution >= 4 is 11.7 Å². The van der Waals surface area contributed by atoms with Crippen LogP contribution in [-0.4, -0.2) is 42.0 Å². The number of amides is 1. The molecule has 0 radical (unpaired) electrons. The van der Waals surface area contributed by atoms with E-state index in [2.05, 4.69) is 64.2 Å². The van der Waals surface area contributed by atoms with Crippen LogP contribution in [0.4, 0.5) is 5.82 Å². The lowest BCUT2D eigenvalue weighted by molar-refractivity contribution is -0.137. The first kappa shape index (κ1) is 19.0. The first-order valence-corrected chi connectivity index (χ1v) is 10.7. The summed E-state index contributed by atoms with van der Waals surface area (Å²) in [6.07, 6.45) is 7.22.